The average Bonchev–Trinajstić information content (AvgIpc) is 2.59. The van der Waals surface area contributed by atoms with E-state index in [0.717, 1.165) is 12.8 Å². The quantitative estimate of drug-likeness (QED) is 0.701. The molecule has 1 saturated heterocycles. The number of aliphatic hydroxyl groups excluding tert-OH is 1. The minimum atomic E-state index is -0.371. The van der Waals surface area contributed by atoms with Crippen LogP contribution in [0.1, 0.15) is 25.7 Å². The lowest BCUT2D eigenvalue weighted by molar-refractivity contribution is -0.120. The van der Waals surface area contributed by atoms with Crippen molar-refractivity contribution < 1.29 is 9.90 Å². The molecule has 4 heteroatoms. The first-order chi connectivity index (χ1) is 6.75. The molecular weight excluding hydrogens is 216 g/mol. The number of rotatable bonds is 1. The van der Waals surface area contributed by atoms with Crippen LogP contribution in [0, 0.1) is 5.92 Å². The van der Waals surface area contributed by atoms with E-state index < -0.39 is 0 Å². The van der Waals surface area contributed by atoms with Crippen molar-refractivity contribution in [1.29, 1.82) is 0 Å². The first-order valence-electron chi connectivity index (χ1n) is 5.18. The molecular formula is C10H16O2S2. The normalized spacial score (nSPS) is 35.9. The molecule has 80 valence electrons. The zero-order valence-corrected chi connectivity index (χ0v) is 9.78. The van der Waals surface area contributed by atoms with Crippen LogP contribution in [0.3, 0.4) is 0 Å². The maximum absolute atomic E-state index is 11.5. The fraction of sp³-hybridized carbons (Fsp3) is 0.900. The lowest BCUT2D eigenvalue weighted by Crippen LogP contribution is -2.14. The summed E-state index contributed by atoms with van der Waals surface area (Å²) < 4.78 is 0.615. The number of carbonyl (C=O) groups is 1. The molecule has 0 radical (unpaired) electrons. The molecule has 0 aromatic rings. The number of aliphatic hydroxyl groups is 1. The molecule has 0 spiro atoms. The highest BCUT2D eigenvalue weighted by atomic mass is 32.2. The van der Waals surface area contributed by atoms with E-state index in [2.05, 4.69) is 0 Å². The highest BCUT2D eigenvalue weighted by molar-refractivity contribution is 8.20. The molecule has 0 bridgehead atoms. The van der Waals surface area contributed by atoms with E-state index in [4.69, 9.17) is 0 Å². The van der Waals surface area contributed by atoms with E-state index in [1.807, 2.05) is 23.5 Å². The van der Waals surface area contributed by atoms with Crippen molar-refractivity contribution in [3.05, 3.63) is 0 Å². The van der Waals surface area contributed by atoms with Crippen LogP contribution in [0.4, 0.5) is 0 Å². The number of ketones is 1. The van der Waals surface area contributed by atoms with Crippen molar-refractivity contribution in [2.75, 3.05) is 11.5 Å². The molecule has 1 aliphatic heterocycles. The Morgan fingerprint density at radius 2 is 1.86 bits per heavy atom. The maximum atomic E-state index is 11.5. The van der Waals surface area contributed by atoms with E-state index in [-0.39, 0.29) is 11.9 Å². The standard InChI is InChI=1S/C10H16O2S2/c11-8-2-1-7(5-9(12)6-8)10-13-3-4-14-10/h7-8,10-11H,1-6H2/t7-,8+/m1/s1. The highest BCUT2D eigenvalue weighted by Gasteiger charge is 2.31. The van der Waals surface area contributed by atoms with Gasteiger partial charge in [-0.1, -0.05) is 0 Å². The van der Waals surface area contributed by atoms with E-state index >= 15 is 0 Å². The molecule has 1 heterocycles. The summed E-state index contributed by atoms with van der Waals surface area (Å²) >= 11 is 3.98. The Bertz CT molecular complexity index is 214. The zero-order valence-electron chi connectivity index (χ0n) is 8.15. The van der Waals surface area contributed by atoms with Crippen molar-refractivity contribution in [2.24, 2.45) is 5.92 Å². The van der Waals surface area contributed by atoms with Gasteiger partial charge in [0.2, 0.25) is 0 Å². The van der Waals surface area contributed by atoms with Crippen LogP contribution in [0.5, 0.6) is 0 Å². The minimum absolute atomic E-state index is 0.258. The number of hydrogen-bond acceptors (Lipinski definition) is 4. The molecule has 0 aromatic carbocycles. The monoisotopic (exact) mass is 232 g/mol. The van der Waals surface area contributed by atoms with Crippen LogP contribution < -0.4 is 0 Å². The molecule has 0 aromatic heterocycles. The lowest BCUT2D eigenvalue weighted by atomic mass is 10.0. The number of Topliss-reactive ketones (excluding diaryl/α,β-unsaturated/α-hetero) is 1. The molecule has 2 atom stereocenters. The fourth-order valence-electron chi connectivity index (χ4n) is 2.13. The zero-order chi connectivity index (χ0) is 9.97. The predicted octanol–water partition coefficient (Wildman–Crippen LogP) is 1.91. The van der Waals surface area contributed by atoms with Crippen LogP contribution in [-0.4, -0.2) is 33.1 Å². The van der Waals surface area contributed by atoms with Crippen molar-refractivity contribution >= 4 is 29.3 Å². The van der Waals surface area contributed by atoms with E-state index in [0.29, 0.717) is 23.3 Å². The van der Waals surface area contributed by atoms with Crippen molar-refractivity contribution in [1.82, 2.24) is 0 Å². The second kappa shape index (κ2) is 4.90. The van der Waals surface area contributed by atoms with Gasteiger partial charge in [-0.25, -0.2) is 0 Å². The number of thioether (sulfide) groups is 2. The summed E-state index contributed by atoms with van der Waals surface area (Å²) in [6.07, 6.45) is 2.55. The molecule has 2 nitrogen and oxygen atoms in total. The Kier molecular flexibility index (Phi) is 3.79. The van der Waals surface area contributed by atoms with E-state index in [1.165, 1.54) is 11.5 Å². The van der Waals surface area contributed by atoms with Gasteiger partial charge < -0.3 is 5.11 Å². The van der Waals surface area contributed by atoms with Crippen molar-refractivity contribution in [2.45, 2.75) is 36.4 Å². The molecule has 1 N–H and O–H groups in total. The maximum Gasteiger partial charge on any atom is 0.135 e. The second-order valence-corrected chi connectivity index (χ2v) is 6.85. The first kappa shape index (κ1) is 10.8. The lowest BCUT2D eigenvalue weighted by Gasteiger charge is -2.19. The summed E-state index contributed by atoms with van der Waals surface area (Å²) in [4.78, 5) is 11.5. The van der Waals surface area contributed by atoms with E-state index in [1.54, 1.807) is 0 Å². The summed E-state index contributed by atoms with van der Waals surface area (Å²) in [6, 6.07) is 0. The van der Waals surface area contributed by atoms with Crippen LogP contribution in [0.25, 0.3) is 0 Å². The van der Waals surface area contributed by atoms with Crippen LogP contribution in [0.15, 0.2) is 0 Å². The van der Waals surface area contributed by atoms with Gasteiger partial charge in [-0.05, 0) is 18.8 Å². The van der Waals surface area contributed by atoms with Crippen molar-refractivity contribution in [3.8, 4) is 0 Å². The molecule has 14 heavy (non-hydrogen) atoms. The van der Waals surface area contributed by atoms with Gasteiger partial charge >= 0.3 is 0 Å². The molecule has 0 unspecified atom stereocenters. The van der Waals surface area contributed by atoms with Crippen LogP contribution in [0.2, 0.25) is 0 Å². The highest BCUT2D eigenvalue weighted by Crippen LogP contribution is 2.41. The Morgan fingerprint density at radius 1 is 1.14 bits per heavy atom. The number of hydrogen-bond donors (Lipinski definition) is 1. The Hall–Kier alpha value is 0.330. The minimum Gasteiger partial charge on any atom is -0.393 e. The van der Waals surface area contributed by atoms with Gasteiger partial charge in [0.25, 0.3) is 0 Å². The summed E-state index contributed by atoms with van der Waals surface area (Å²) in [5.74, 6) is 3.22. The third-order valence-corrected chi connectivity index (χ3v) is 6.24. The van der Waals surface area contributed by atoms with Gasteiger partial charge in [0.05, 0.1) is 10.7 Å². The third-order valence-electron chi connectivity index (χ3n) is 2.86. The van der Waals surface area contributed by atoms with Gasteiger partial charge in [0.15, 0.2) is 0 Å². The predicted molar refractivity (Wildman–Crippen MR) is 61.7 cm³/mol. The SMILES string of the molecule is O=C1C[C@@H](O)CC[C@@H](C2SCCS2)C1. The molecule has 2 aliphatic rings. The summed E-state index contributed by atoms with van der Waals surface area (Å²) in [5, 5.41) is 9.49. The van der Waals surface area contributed by atoms with Crippen LogP contribution >= 0.6 is 23.5 Å². The summed E-state index contributed by atoms with van der Waals surface area (Å²) in [5.41, 5.74) is 0. The second-order valence-electron chi connectivity index (χ2n) is 4.05. The molecule has 2 fully saturated rings. The van der Waals surface area contributed by atoms with E-state index in [9.17, 15) is 9.90 Å². The molecule has 2 rings (SSSR count). The van der Waals surface area contributed by atoms with Gasteiger partial charge in [-0.15, -0.1) is 23.5 Å². The first-order valence-corrected chi connectivity index (χ1v) is 7.28. The molecule has 0 amide bonds. The van der Waals surface area contributed by atoms with Crippen molar-refractivity contribution in [3.63, 3.8) is 0 Å². The third kappa shape index (κ3) is 2.67. The fourth-order valence-corrected chi connectivity index (χ4v) is 5.34. The van der Waals surface area contributed by atoms with Gasteiger partial charge in [0, 0.05) is 24.3 Å². The Labute approximate surface area is 93.2 Å². The van der Waals surface area contributed by atoms with Crippen LogP contribution in [-0.2, 0) is 4.79 Å². The number of carbonyl (C=O) groups excluding carboxylic acids is 1. The van der Waals surface area contributed by atoms with Gasteiger partial charge in [-0.2, -0.15) is 0 Å². The Balaban J connectivity index is 1.94. The summed E-state index contributed by atoms with van der Waals surface area (Å²) in [7, 11) is 0. The molecule has 1 aliphatic carbocycles. The smallest absolute Gasteiger partial charge is 0.135 e. The topological polar surface area (TPSA) is 37.3 Å². The average molecular weight is 232 g/mol. The van der Waals surface area contributed by atoms with Gasteiger partial charge in [0.1, 0.15) is 5.78 Å². The summed E-state index contributed by atoms with van der Waals surface area (Å²) in [6.45, 7) is 0. The largest absolute Gasteiger partial charge is 0.393 e. The Morgan fingerprint density at radius 3 is 2.57 bits per heavy atom. The molecule has 1 saturated carbocycles. The van der Waals surface area contributed by atoms with Gasteiger partial charge in [-0.3, -0.25) is 4.79 Å².